The van der Waals surface area contributed by atoms with Crippen molar-refractivity contribution in [2.45, 2.75) is 31.5 Å². The molecule has 0 aromatic carbocycles. The van der Waals surface area contributed by atoms with Crippen LogP contribution in [0, 0.1) is 0 Å². The molecule has 9 heteroatoms. The molecule has 0 saturated carbocycles. The van der Waals surface area contributed by atoms with Crippen molar-refractivity contribution in [3.63, 3.8) is 0 Å². The molecule has 0 spiro atoms. The second-order valence-corrected chi connectivity index (χ2v) is 4.34. The van der Waals surface area contributed by atoms with E-state index in [0.29, 0.717) is 0 Å². The topological polar surface area (TPSA) is 140 Å². The summed E-state index contributed by atoms with van der Waals surface area (Å²) in [6.45, 7) is 1.38. The summed E-state index contributed by atoms with van der Waals surface area (Å²) in [5, 5.41) is 28.6. The summed E-state index contributed by atoms with van der Waals surface area (Å²) in [7, 11) is 0. The number of imidazole rings is 1. The Kier molecular flexibility index (Phi) is 4.23. The van der Waals surface area contributed by atoms with Crippen molar-refractivity contribution in [2.75, 3.05) is 18.9 Å². The molecule has 4 atom stereocenters. The van der Waals surface area contributed by atoms with Gasteiger partial charge in [0.25, 0.3) is 0 Å². The molecule has 1 fully saturated rings. The molecule has 0 unspecified atom stereocenters. The summed E-state index contributed by atoms with van der Waals surface area (Å²) in [4.78, 5) is 15.4. The summed E-state index contributed by atoms with van der Waals surface area (Å²) in [5.41, 5.74) is 5.68. The summed E-state index contributed by atoms with van der Waals surface area (Å²) >= 11 is 0. The SMILES string of the molecule is CCOC(=O)c1ncn([C@H]2O[C@H](CO)[C@H](O)[C@@H]2O)c1N. The lowest BCUT2D eigenvalue weighted by molar-refractivity contribution is -0.0518. The fourth-order valence-electron chi connectivity index (χ4n) is 2.04. The summed E-state index contributed by atoms with van der Waals surface area (Å²) in [5.74, 6) is -0.728. The van der Waals surface area contributed by atoms with Crippen molar-refractivity contribution in [3.05, 3.63) is 12.0 Å². The Balaban J connectivity index is 2.24. The molecule has 0 radical (unpaired) electrons. The molecule has 0 bridgehead atoms. The Hall–Kier alpha value is -1.68. The van der Waals surface area contributed by atoms with E-state index < -0.39 is 37.1 Å². The number of anilines is 1. The maximum absolute atomic E-state index is 11.6. The summed E-state index contributed by atoms with van der Waals surface area (Å²) < 4.78 is 11.3. The molecule has 1 aromatic heterocycles. The number of hydrogen-bond acceptors (Lipinski definition) is 8. The number of carbonyl (C=O) groups is 1. The minimum Gasteiger partial charge on any atom is -0.461 e. The first-order chi connectivity index (χ1) is 9.51. The van der Waals surface area contributed by atoms with Crippen LogP contribution in [-0.2, 0) is 9.47 Å². The second-order valence-electron chi connectivity index (χ2n) is 4.34. The monoisotopic (exact) mass is 287 g/mol. The molecule has 112 valence electrons. The van der Waals surface area contributed by atoms with Gasteiger partial charge in [-0.15, -0.1) is 0 Å². The van der Waals surface area contributed by atoms with Crippen LogP contribution in [-0.4, -0.2) is 62.4 Å². The van der Waals surface area contributed by atoms with E-state index in [1.807, 2.05) is 0 Å². The van der Waals surface area contributed by atoms with Crippen LogP contribution in [0.4, 0.5) is 5.82 Å². The van der Waals surface area contributed by atoms with E-state index in [4.69, 9.17) is 20.3 Å². The first-order valence-corrected chi connectivity index (χ1v) is 6.13. The van der Waals surface area contributed by atoms with E-state index in [2.05, 4.69) is 4.98 Å². The highest BCUT2D eigenvalue weighted by atomic mass is 16.6. The van der Waals surface area contributed by atoms with Gasteiger partial charge >= 0.3 is 5.97 Å². The number of nitrogens with zero attached hydrogens (tertiary/aromatic N) is 2. The average Bonchev–Trinajstić information content (AvgIpc) is 2.93. The highest BCUT2D eigenvalue weighted by molar-refractivity contribution is 5.92. The Bertz CT molecular complexity index is 491. The molecule has 0 amide bonds. The number of carbonyl (C=O) groups excluding carboxylic acids is 1. The third-order valence-electron chi connectivity index (χ3n) is 3.09. The van der Waals surface area contributed by atoms with Gasteiger partial charge in [-0.1, -0.05) is 0 Å². The maximum Gasteiger partial charge on any atom is 0.360 e. The molecule has 2 heterocycles. The Morgan fingerprint density at radius 1 is 1.55 bits per heavy atom. The van der Waals surface area contributed by atoms with Gasteiger partial charge in [0.1, 0.15) is 24.1 Å². The zero-order valence-corrected chi connectivity index (χ0v) is 10.8. The lowest BCUT2D eigenvalue weighted by atomic mass is 10.1. The minimum atomic E-state index is -1.29. The number of hydrogen-bond donors (Lipinski definition) is 4. The van der Waals surface area contributed by atoms with E-state index in [0.717, 1.165) is 0 Å². The Morgan fingerprint density at radius 2 is 2.25 bits per heavy atom. The molecule has 1 aliphatic heterocycles. The smallest absolute Gasteiger partial charge is 0.360 e. The normalized spacial score (nSPS) is 29.6. The van der Waals surface area contributed by atoms with Crippen molar-refractivity contribution in [3.8, 4) is 0 Å². The quantitative estimate of drug-likeness (QED) is 0.478. The lowest BCUT2D eigenvalue weighted by Gasteiger charge is -2.17. The highest BCUT2D eigenvalue weighted by Crippen LogP contribution is 2.31. The first kappa shape index (κ1) is 14.7. The number of aromatic nitrogens is 2. The van der Waals surface area contributed by atoms with E-state index in [1.165, 1.54) is 10.9 Å². The molecular weight excluding hydrogens is 270 g/mol. The van der Waals surface area contributed by atoms with Gasteiger partial charge in [0.15, 0.2) is 11.9 Å². The fourth-order valence-corrected chi connectivity index (χ4v) is 2.04. The molecular formula is C11H17N3O6. The van der Waals surface area contributed by atoms with Gasteiger partial charge in [0.2, 0.25) is 0 Å². The maximum atomic E-state index is 11.6. The molecule has 1 aliphatic rings. The number of ether oxygens (including phenoxy) is 2. The van der Waals surface area contributed by atoms with Crippen molar-refractivity contribution in [1.82, 2.24) is 9.55 Å². The van der Waals surface area contributed by atoms with E-state index in [-0.39, 0.29) is 18.1 Å². The van der Waals surface area contributed by atoms with Crippen LogP contribution in [0.15, 0.2) is 6.33 Å². The van der Waals surface area contributed by atoms with Crippen LogP contribution in [0.3, 0.4) is 0 Å². The van der Waals surface area contributed by atoms with Crippen LogP contribution in [0.5, 0.6) is 0 Å². The lowest BCUT2D eigenvalue weighted by Crippen LogP contribution is -2.33. The molecule has 1 aromatic rings. The van der Waals surface area contributed by atoms with Crippen molar-refractivity contribution in [1.29, 1.82) is 0 Å². The van der Waals surface area contributed by atoms with E-state index in [1.54, 1.807) is 6.92 Å². The Labute approximate surface area is 114 Å². The molecule has 9 nitrogen and oxygen atoms in total. The van der Waals surface area contributed by atoms with Gasteiger partial charge in [0, 0.05) is 0 Å². The fraction of sp³-hybridized carbons (Fsp3) is 0.636. The predicted octanol–water partition coefficient (Wildman–Crippen LogP) is -1.75. The van der Waals surface area contributed by atoms with Gasteiger partial charge in [-0.05, 0) is 6.92 Å². The number of nitrogens with two attached hydrogens (primary N) is 1. The van der Waals surface area contributed by atoms with Gasteiger partial charge in [0.05, 0.1) is 19.5 Å². The number of nitrogen functional groups attached to an aromatic ring is 1. The highest BCUT2D eigenvalue weighted by Gasteiger charge is 2.44. The number of rotatable bonds is 4. The number of aliphatic hydroxyl groups excluding tert-OH is 3. The van der Waals surface area contributed by atoms with Crippen molar-refractivity contribution >= 4 is 11.8 Å². The van der Waals surface area contributed by atoms with Gasteiger partial charge in [-0.25, -0.2) is 9.78 Å². The number of esters is 1. The second kappa shape index (κ2) is 5.75. The molecule has 2 rings (SSSR count). The zero-order chi connectivity index (χ0) is 14.9. The standard InChI is InChI=1S/C11H17N3O6/c1-2-19-11(18)6-9(12)14(4-13-6)10-8(17)7(16)5(3-15)20-10/h4-5,7-8,10,15-17H,2-3,12H2,1H3/t5-,7+,8+,10+/m1/s1. The van der Waals surface area contributed by atoms with Crippen LogP contribution in [0.1, 0.15) is 23.6 Å². The van der Waals surface area contributed by atoms with Crippen LogP contribution in [0.25, 0.3) is 0 Å². The van der Waals surface area contributed by atoms with Crippen LogP contribution in [0.2, 0.25) is 0 Å². The van der Waals surface area contributed by atoms with E-state index >= 15 is 0 Å². The van der Waals surface area contributed by atoms with Gasteiger partial charge < -0.3 is 30.5 Å². The summed E-state index contributed by atoms with van der Waals surface area (Å²) in [6, 6.07) is 0. The largest absolute Gasteiger partial charge is 0.461 e. The number of aliphatic hydroxyl groups is 3. The third-order valence-corrected chi connectivity index (χ3v) is 3.09. The minimum absolute atomic E-state index is 0.0433. The molecule has 1 saturated heterocycles. The molecule has 5 N–H and O–H groups in total. The van der Waals surface area contributed by atoms with Gasteiger partial charge in [-0.3, -0.25) is 4.57 Å². The molecule has 20 heavy (non-hydrogen) atoms. The summed E-state index contributed by atoms with van der Waals surface area (Å²) in [6.07, 6.45) is -3.29. The Morgan fingerprint density at radius 3 is 2.80 bits per heavy atom. The average molecular weight is 287 g/mol. The van der Waals surface area contributed by atoms with Gasteiger partial charge in [-0.2, -0.15) is 0 Å². The first-order valence-electron chi connectivity index (χ1n) is 6.13. The zero-order valence-electron chi connectivity index (χ0n) is 10.8. The predicted molar refractivity (Wildman–Crippen MR) is 65.6 cm³/mol. The van der Waals surface area contributed by atoms with Crippen molar-refractivity contribution in [2.24, 2.45) is 0 Å². The van der Waals surface area contributed by atoms with Crippen molar-refractivity contribution < 1.29 is 29.6 Å². The molecule has 0 aliphatic carbocycles. The van der Waals surface area contributed by atoms with Crippen LogP contribution < -0.4 is 5.73 Å². The van der Waals surface area contributed by atoms with E-state index in [9.17, 15) is 15.0 Å². The third kappa shape index (κ3) is 2.36. The van der Waals surface area contributed by atoms with Crippen LogP contribution >= 0.6 is 0 Å².